The standard InChI is InChI=1S/C55H35BN2Si/c1-55(2)39-22-8-5-19-36(39)50-40(55)31-44-52-51(50)38-21-13-20-37-49-33-16-4-3-15-32(33)29-30-43(49)58(53(37)38)56(52)41-23-14-28-48-54(41)57(44)42-24-9-12-27-47(42)59(48)45-25-10-6-17-34(45)35-18-7-11-26-46(35)59/h3-31H,1-2H3. The zero-order chi connectivity index (χ0) is 38.5. The second-order valence-corrected chi connectivity index (χ2v) is 21.5. The molecule has 0 atom stereocenters. The van der Waals surface area contributed by atoms with Crippen molar-refractivity contribution < 1.29 is 0 Å². The van der Waals surface area contributed by atoms with Crippen LogP contribution in [0.4, 0.5) is 17.1 Å². The van der Waals surface area contributed by atoms with Gasteiger partial charge in [-0.3, -0.25) is 0 Å². The fourth-order valence-corrected chi connectivity index (χ4v) is 18.6. The van der Waals surface area contributed by atoms with E-state index in [2.05, 4.69) is 199 Å². The third-order valence-corrected chi connectivity index (χ3v) is 20.1. The molecule has 15 rings (SSSR count). The summed E-state index contributed by atoms with van der Waals surface area (Å²) in [6, 6.07) is 68.2. The second-order valence-electron chi connectivity index (χ2n) is 17.9. The molecule has 272 valence electrons. The number of benzene rings is 9. The van der Waals surface area contributed by atoms with Gasteiger partial charge in [0.05, 0.1) is 0 Å². The average molecular weight is 763 g/mol. The van der Waals surface area contributed by atoms with Crippen molar-refractivity contribution in [1.29, 1.82) is 0 Å². The van der Waals surface area contributed by atoms with E-state index in [0.717, 1.165) is 0 Å². The number of rotatable bonds is 0. The summed E-state index contributed by atoms with van der Waals surface area (Å²) in [5.74, 6) is 0. The van der Waals surface area contributed by atoms with Gasteiger partial charge in [-0.15, -0.1) is 0 Å². The minimum atomic E-state index is -2.78. The molecule has 0 radical (unpaired) electrons. The van der Waals surface area contributed by atoms with Crippen LogP contribution >= 0.6 is 0 Å². The van der Waals surface area contributed by atoms with Crippen LogP contribution in [0.5, 0.6) is 0 Å². The fourth-order valence-electron chi connectivity index (χ4n) is 13.0. The van der Waals surface area contributed by atoms with Crippen molar-refractivity contribution in [2.75, 3.05) is 4.90 Å². The van der Waals surface area contributed by atoms with Crippen LogP contribution in [-0.4, -0.2) is 19.4 Å². The molecule has 1 spiro atoms. The first-order valence-electron chi connectivity index (χ1n) is 21.1. The largest absolute Gasteiger partial charge is 0.375 e. The Morgan fingerprint density at radius 1 is 0.492 bits per heavy atom. The van der Waals surface area contributed by atoms with Gasteiger partial charge >= 0.3 is 6.85 Å². The molecule has 4 aliphatic heterocycles. The molecule has 0 N–H and O–H groups in total. The Bertz CT molecular complexity index is 3580. The summed E-state index contributed by atoms with van der Waals surface area (Å²) < 4.78 is 2.76. The van der Waals surface area contributed by atoms with Gasteiger partial charge in [-0.2, -0.15) is 0 Å². The van der Waals surface area contributed by atoms with Gasteiger partial charge in [-0.05, 0) is 99.6 Å². The molecule has 1 aromatic heterocycles. The van der Waals surface area contributed by atoms with Crippen LogP contribution in [-0.2, 0) is 5.41 Å². The Balaban J connectivity index is 1.18. The molecule has 4 heteroatoms. The summed E-state index contributed by atoms with van der Waals surface area (Å²) in [6.07, 6.45) is 0. The van der Waals surface area contributed by atoms with E-state index >= 15 is 0 Å². The van der Waals surface area contributed by atoms with Crippen LogP contribution < -0.4 is 36.6 Å². The Morgan fingerprint density at radius 3 is 1.97 bits per heavy atom. The zero-order valence-electron chi connectivity index (χ0n) is 32.7. The summed E-state index contributed by atoms with van der Waals surface area (Å²) >= 11 is 0. The highest BCUT2D eigenvalue weighted by Crippen LogP contribution is 2.57. The molecule has 59 heavy (non-hydrogen) atoms. The lowest BCUT2D eigenvalue weighted by Crippen LogP contribution is -2.77. The summed E-state index contributed by atoms with van der Waals surface area (Å²) in [4.78, 5) is 2.72. The Labute approximate surface area is 343 Å². The zero-order valence-corrected chi connectivity index (χ0v) is 33.7. The molecular weight excluding hydrogens is 728 g/mol. The minimum Gasteiger partial charge on any atom is -0.375 e. The smallest absolute Gasteiger partial charge is 0.333 e. The van der Waals surface area contributed by atoms with Gasteiger partial charge in [-0.25, -0.2) is 0 Å². The summed E-state index contributed by atoms with van der Waals surface area (Å²) in [5.41, 5.74) is 20.5. The molecule has 0 unspecified atom stereocenters. The molecule has 0 bridgehead atoms. The van der Waals surface area contributed by atoms with Gasteiger partial charge in [0.2, 0.25) is 0 Å². The van der Waals surface area contributed by atoms with E-state index in [-0.39, 0.29) is 12.3 Å². The SMILES string of the molecule is CC1(C)c2ccccc2-c2c1cc1c3c2-c2cccc4c5c6ccccc6ccc5n(c24)B3c2cccc3c2N1c1ccccc1[Si]31c2ccccc2-c2ccccc21. The van der Waals surface area contributed by atoms with Gasteiger partial charge in [0.25, 0.3) is 0 Å². The first kappa shape index (κ1) is 31.2. The van der Waals surface area contributed by atoms with Crippen LogP contribution in [0.2, 0.25) is 0 Å². The lowest BCUT2D eigenvalue weighted by molar-refractivity contribution is 0.660. The summed E-state index contributed by atoms with van der Waals surface area (Å²) in [5, 5.41) is 11.3. The van der Waals surface area contributed by atoms with Crippen LogP contribution in [0.15, 0.2) is 176 Å². The van der Waals surface area contributed by atoms with Gasteiger partial charge < -0.3 is 9.38 Å². The molecule has 5 aliphatic rings. The predicted molar refractivity (Wildman–Crippen MR) is 251 cm³/mol. The highest BCUT2D eigenvalue weighted by atomic mass is 28.3. The topological polar surface area (TPSA) is 8.17 Å². The van der Waals surface area contributed by atoms with Gasteiger partial charge in [0.1, 0.15) is 0 Å². The highest BCUT2D eigenvalue weighted by Gasteiger charge is 2.57. The number of aromatic nitrogens is 1. The van der Waals surface area contributed by atoms with Crippen molar-refractivity contribution in [2.24, 2.45) is 0 Å². The molecule has 1 aliphatic carbocycles. The fraction of sp³-hybridized carbons (Fsp3) is 0.0545. The van der Waals surface area contributed by atoms with Crippen molar-refractivity contribution in [3.63, 3.8) is 0 Å². The van der Waals surface area contributed by atoms with Gasteiger partial charge in [0.15, 0.2) is 8.07 Å². The first-order chi connectivity index (χ1) is 29.1. The van der Waals surface area contributed by atoms with Crippen molar-refractivity contribution in [1.82, 2.24) is 4.48 Å². The highest BCUT2D eigenvalue weighted by molar-refractivity contribution is 7.24. The Hall–Kier alpha value is -6.88. The molecule has 0 fully saturated rings. The lowest BCUT2D eigenvalue weighted by Gasteiger charge is -2.49. The number of fused-ring (bicyclic) bond motifs is 22. The number of hydrogen-bond acceptors (Lipinski definition) is 1. The Morgan fingerprint density at radius 2 is 1.14 bits per heavy atom. The number of para-hydroxylation sites is 3. The van der Waals surface area contributed by atoms with Crippen molar-refractivity contribution in [3.8, 4) is 33.4 Å². The lowest BCUT2D eigenvalue weighted by atomic mass is 9.44. The summed E-state index contributed by atoms with van der Waals surface area (Å²) in [7, 11) is -2.78. The van der Waals surface area contributed by atoms with Gasteiger partial charge in [-0.1, -0.05) is 172 Å². The normalized spacial score (nSPS) is 15.8. The molecule has 0 saturated carbocycles. The van der Waals surface area contributed by atoms with E-state index in [1.165, 1.54) is 126 Å². The van der Waals surface area contributed by atoms with E-state index < -0.39 is 8.07 Å². The Kier molecular flexibility index (Phi) is 5.39. The molecule has 10 aromatic rings. The minimum absolute atomic E-state index is 0.0216. The maximum absolute atomic E-state index is 2.78. The van der Waals surface area contributed by atoms with E-state index in [9.17, 15) is 0 Å². The number of anilines is 3. The van der Waals surface area contributed by atoms with Crippen LogP contribution in [0, 0.1) is 0 Å². The summed E-state index contributed by atoms with van der Waals surface area (Å²) in [6.45, 7) is 4.87. The van der Waals surface area contributed by atoms with Crippen molar-refractivity contribution in [2.45, 2.75) is 19.3 Å². The first-order valence-corrected chi connectivity index (χ1v) is 23.1. The average Bonchev–Trinajstić information content (AvgIpc) is 3.86. The third-order valence-electron chi connectivity index (χ3n) is 15.1. The van der Waals surface area contributed by atoms with E-state index in [1.807, 2.05) is 0 Å². The third kappa shape index (κ3) is 3.31. The number of hydrogen-bond donors (Lipinski definition) is 0. The van der Waals surface area contributed by atoms with E-state index in [1.54, 1.807) is 0 Å². The predicted octanol–water partition coefficient (Wildman–Crippen LogP) is 9.34. The second kappa shape index (κ2) is 10.2. The van der Waals surface area contributed by atoms with Crippen molar-refractivity contribution in [3.05, 3.63) is 187 Å². The van der Waals surface area contributed by atoms with E-state index in [4.69, 9.17) is 0 Å². The van der Waals surface area contributed by atoms with E-state index in [0.29, 0.717) is 0 Å². The molecular formula is C55H35BN2Si. The maximum Gasteiger partial charge on any atom is 0.333 e. The van der Waals surface area contributed by atoms with Crippen molar-refractivity contribution >= 4 is 96.2 Å². The number of nitrogens with zero attached hydrogens (tertiary/aromatic N) is 2. The van der Waals surface area contributed by atoms with Crippen LogP contribution in [0.25, 0.3) is 66.0 Å². The maximum atomic E-state index is 2.76. The quantitative estimate of drug-likeness (QED) is 0.140. The molecule has 2 nitrogen and oxygen atoms in total. The van der Waals surface area contributed by atoms with Gasteiger partial charge in [0, 0.05) is 49.8 Å². The molecule has 0 amide bonds. The van der Waals surface area contributed by atoms with Crippen LogP contribution in [0.1, 0.15) is 25.0 Å². The monoisotopic (exact) mass is 762 g/mol. The molecule has 9 aromatic carbocycles. The molecule has 5 heterocycles. The molecule has 0 saturated heterocycles. The van der Waals surface area contributed by atoms with Crippen LogP contribution in [0.3, 0.4) is 0 Å².